The number of ketones is 1. The van der Waals surface area contributed by atoms with Crippen molar-refractivity contribution in [2.24, 2.45) is 0 Å². The van der Waals surface area contributed by atoms with Crippen molar-refractivity contribution >= 4 is 22.9 Å². The number of aromatic nitrogens is 4. The van der Waals surface area contributed by atoms with Gasteiger partial charge in [0.1, 0.15) is 12.2 Å². The van der Waals surface area contributed by atoms with Gasteiger partial charge >= 0.3 is 5.97 Å². The fourth-order valence-corrected chi connectivity index (χ4v) is 3.49. The van der Waals surface area contributed by atoms with Gasteiger partial charge in [-0.05, 0) is 18.6 Å². The van der Waals surface area contributed by atoms with Crippen molar-refractivity contribution in [1.29, 1.82) is 0 Å². The SMILES string of the molecule is O=C(O)c1cccc(C(=O)CC[C@@H]2O[C@H](n3cnc4c(=O)[nH]cnc43)[C@H](O)[C@@H]2O)c1. The first-order valence-corrected chi connectivity index (χ1v) is 9.15. The number of H-pyrrole nitrogens is 1. The molecule has 1 fully saturated rings. The molecule has 30 heavy (non-hydrogen) atoms. The zero-order valence-electron chi connectivity index (χ0n) is 15.5. The number of nitrogens with zero attached hydrogens (tertiary/aromatic N) is 3. The van der Waals surface area contributed by atoms with Gasteiger partial charge in [-0.25, -0.2) is 14.8 Å². The van der Waals surface area contributed by atoms with Gasteiger partial charge < -0.3 is 25.0 Å². The standard InChI is InChI=1S/C19H18N4O7/c24-11(9-2-1-3-10(6-9)19(28)29)4-5-12-14(25)15(26)18(30-12)23-8-22-13-16(23)20-7-21-17(13)27/h1-3,6-8,12,14-15,18,25-26H,4-5H2,(H,28,29)(H,20,21,27)/t12-,14+,15+,18-/m0/s1. The van der Waals surface area contributed by atoms with E-state index in [0.29, 0.717) is 0 Å². The maximum absolute atomic E-state index is 12.4. The van der Waals surface area contributed by atoms with Crippen LogP contribution in [0.3, 0.4) is 0 Å². The molecule has 0 bridgehead atoms. The number of aromatic amines is 1. The molecule has 0 radical (unpaired) electrons. The molecule has 4 N–H and O–H groups in total. The Labute approximate surface area is 168 Å². The number of ether oxygens (including phenoxy) is 1. The Kier molecular flexibility index (Phi) is 5.16. The van der Waals surface area contributed by atoms with E-state index in [4.69, 9.17) is 9.84 Å². The molecular formula is C19H18N4O7. The number of hydrogen-bond donors (Lipinski definition) is 4. The lowest BCUT2D eigenvalue weighted by molar-refractivity contribution is -0.0369. The first-order valence-electron chi connectivity index (χ1n) is 9.15. The van der Waals surface area contributed by atoms with Gasteiger partial charge in [0.2, 0.25) is 0 Å². The van der Waals surface area contributed by atoms with Gasteiger partial charge in [0.05, 0.1) is 24.3 Å². The van der Waals surface area contributed by atoms with Crippen LogP contribution in [-0.2, 0) is 4.74 Å². The van der Waals surface area contributed by atoms with Crippen molar-refractivity contribution in [3.63, 3.8) is 0 Å². The molecule has 0 aliphatic carbocycles. The molecule has 0 amide bonds. The number of carbonyl (C=O) groups is 2. The summed E-state index contributed by atoms with van der Waals surface area (Å²) in [5, 5.41) is 29.8. The highest BCUT2D eigenvalue weighted by molar-refractivity contribution is 5.98. The second-order valence-corrected chi connectivity index (χ2v) is 6.95. The zero-order chi connectivity index (χ0) is 21.4. The summed E-state index contributed by atoms with van der Waals surface area (Å²) in [6, 6.07) is 5.67. The van der Waals surface area contributed by atoms with E-state index in [1.807, 2.05) is 0 Å². The van der Waals surface area contributed by atoms with Crippen molar-refractivity contribution in [2.45, 2.75) is 37.4 Å². The van der Waals surface area contributed by atoms with Crippen molar-refractivity contribution in [2.75, 3.05) is 0 Å². The van der Waals surface area contributed by atoms with E-state index in [1.54, 1.807) is 0 Å². The highest BCUT2D eigenvalue weighted by atomic mass is 16.6. The minimum atomic E-state index is -1.32. The molecule has 4 atom stereocenters. The summed E-state index contributed by atoms with van der Waals surface area (Å²) in [5.41, 5.74) is 0.0564. The van der Waals surface area contributed by atoms with Crippen LogP contribution in [0.5, 0.6) is 0 Å². The molecule has 0 spiro atoms. The van der Waals surface area contributed by atoms with E-state index >= 15 is 0 Å². The zero-order valence-corrected chi connectivity index (χ0v) is 15.5. The molecule has 1 aliphatic rings. The van der Waals surface area contributed by atoms with Crippen LogP contribution < -0.4 is 5.56 Å². The van der Waals surface area contributed by atoms with Gasteiger partial charge in [-0.3, -0.25) is 14.2 Å². The van der Waals surface area contributed by atoms with Gasteiger partial charge in [0, 0.05) is 12.0 Å². The third kappa shape index (κ3) is 3.49. The Hall–Kier alpha value is -3.41. The normalized spacial score (nSPS) is 23.7. The molecule has 0 saturated carbocycles. The number of carboxylic acids is 1. The van der Waals surface area contributed by atoms with Gasteiger partial charge in [0.25, 0.3) is 5.56 Å². The third-order valence-electron chi connectivity index (χ3n) is 5.06. The molecule has 3 aromatic rings. The first-order chi connectivity index (χ1) is 14.4. The van der Waals surface area contributed by atoms with Gasteiger partial charge in [-0.1, -0.05) is 12.1 Å². The summed E-state index contributed by atoms with van der Waals surface area (Å²) in [7, 11) is 0. The van der Waals surface area contributed by atoms with Crippen LogP contribution in [0, 0.1) is 0 Å². The fourth-order valence-electron chi connectivity index (χ4n) is 3.49. The molecule has 11 heteroatoms. The second kappa shape index (κ2) is 7.78. The average molecular weight is 414 g/mol. The molecule has 2 aromatic heterocycles. The van der Waals surface area contributed by atoms with Gasteiger partial charge in [0.15, 0.2) is 23.2 Å². The lowest BCUT2D eigenvalue weighted by Gasteiger charge is -2.16. The molecule has 0 unspecified atom stereocenters. The molecular weight excluding hydrogens is 396 g/mol. The lowest BCUT2D eigenvalue weighted by Crippen LogP contribution is -2.31. The molecule has 4 rings (SSSR count). The highest BCUT2D eigenvalue weighted by Gasteiger charge is 2.44. The number of Topliss-reactive ketones (excluding diaryl/α,β-unsaturated/α-hetero) is 1. The van der Waals surface area contributed by atoms with Crippen molar-refractivity contribution in [3.8, 4) is 0 Å². The minimum absolute atomic E-state index is 0.00274. The Morgan fingerprint density at radius 1 is 1.17 bits per heavy atom. The Morgan fingerprint density at radius 2 is 1.93 bits per heavy atom. The van der Waals surface area contributed by atoms with Gasteiger partial charge in [-0.15, -0.1) is 0 Å². The number of benzene rings is 1. The molecule has 1 saturated heterocycles. The van der Waals surface area contributed by atoms with Crippen molar-refractivity contribution in [1.82, 2.24) is 19.5 Å². The van der Waals surface area contributed by atoms with Crippen LogP contribution in [-0.4, -0.2) is 64.9 Å². The van der Waals surface area contributed by atoms with E-state index in [1.165, 1.54) is 41.5 Å². The van der Waals surface area contributed by atoms with E-state index in [0.717, 1.165) is 0 Å². The first kappa shape index (κ1) is 19.9. The van der Waals surface area contributed by atoms with Crippen molar-refractivity contribution < 1.29 is 29.6 Å². The number of nitrogens with one attached hydrogen (secondary N) is 1. The molecule has 156 valence electrons. The lowest BCUT2D eigenvalue weighted by atomic mass is 10.00. The smallest absolute Gasteiger partial charge is 0.335 e. The number of hydrogen-bond acceptors (Lipinski definition) is 8. The second-order valence-electron chi connectivity index (χ2n) is 6.95. The highest BCUT2D eigenvalue weighted by Crippen LogP contribution is 2.33. The fraction of sp³-hybridized carbons (Fsp3) is 0.316. The Balaban J connectivity index is 1.48. The topological polar surface area (TPSA) is 168 Å². The summed E-state index contributed by atoms with van der Waals surface area (Å²) in [6.45, 7) is 0. The Bertz CT molecular complexity index is 1170. The van der Waals surface area contributed by atoms with E-state index < -0.39 is 36.1 Å². The van der Waals surface area contributed by atoms with Crippen LogP contribution in [0.15, 0.2) is 41.7 Å². The van der Waals surface area contributed by atoms with E-state index in [-0.39, 0.29) is 40.9 Å². The average Bonchev–Trinajstić information content (AvgIpc) is 3.29. The van der Waals surface area contributed by atoms with Crippen LogP contribution in [0.2, 0.25) is 0 Å². The van der Waals surface area contributed by atoms with E-state index in [2.05, 4.69) is 15.0 Å². The Morgan fingerprint density at radius 3 is 2.70 bits per heavy atom. The molecule has 1 aliphatic heterocycles. The summed E-state index contributed by atoms with van der Waals surface area (Å²) in [5.74, 6) is -1.45. The van der Waals surface area contributed by atoms with Gasteiger partial charge in [-0.2, -0.15) is 0 Å². The van der Waals surface area contributed by atoms with Crippen LogP contribution in [0.1, 0.15) is 39.8 Å². The number of aliphatic hydroxyl groups is 2. The number of carbonyl (C=O) groups excluding carboxylic acids is 1. The number of aromatic carboxylic acids is 1. The summed E-state index contributed by atoms with van der Waals surface area (Å²) < 4.78 is 7.11. The van der Waals surface area contributed by atoms with Crippen LogP contribution in [0.25, 0.3) is 11.2 Å². The number of imidazole rings is 1. The summed E-state index contributed by atoms with van der Waals surface area (Å²) >= 11 is 0. The monoisotopic (exact) mass is 414 g/mol. The molecule has 11 nitrogen and oxygen atoms in total. The minimum Gasteiger partial charge on any atom is -0.478 e. The quantitative estimate of drug-likeness (QED) is 0.409. The predicted molar refractivity (Wildman–Crippen MR) is 101 cm³/mol. The maximum atomic E-state index is 12.4. The maximum Gasteiger partial charge on any atom is 0.335 e. The van der Waals surface area contributed by atoms with E-state index in [9.17, 15) is 24.6 Å². The number of aliphatic hydroxyl groups excluding tert-OH is 2. The van der Waals surface area contributed by atoms with Crippen LogP contribution in [0.4, 0.5) is 0 Å². The molecule has 1 aromatic carbocycles. The summed E-state index contributed by atoms with van der Waals surface area (Å²) in [4.78, 5) is 45.7. The predicted octanol–water partition coefficient (Wildman–Crippen LogP) is 0.100. The van der Waals surface area contributed by atoms with Crippen LogP contribution >= 0.6 is 0 Å². The molecule has 3 heterocycles. The number of carboxylic acid groups (broad SMARTS) is 1. The number of fused-ring (bicyclic) bond motifs is 1. The largest absolute Gasteiger partial charge is 0.478 e. The third-order valence-corrected chi connectivity index (χ3v) is 5.06. The van der Waals surface area contributed by atoms with Crippen molar-refractivity contribution in [3.05, 3.63) is 58.4 Å². The number of rotatable bonds is 6. The summed E-state index contributed by atoms with van der Waals surface area (Å²) in [6.07, 6.45) is -1.91.